The Bertz CT molecular complexity index is 670. The van der Waals surface area contributed by atoms with Gasteiger partial charge in [0.2, 0.25) is 0 Å². The molecule has 1 N–H and O–H groups in total. The molecule has 0 bridgehead atoms. The predicted molar refractivity (Wildman–Crippen MR) is 77.3 cm³/mol. The lowest BCUT2D eigenvalue weighted by molar-refractivity contribution is -0.385. The number of ether oxygens (including phenoxy) is 1. The Labute approximate surface area is 121 Å². The Morgan fingerprint density at radius 3 is 2.57 bits per heavy atom. The summed E-state index contributed by atoms with van der Waals surface area (Å²) in [6.07, 6.45) is 0. The Morgan fingerprint density at radius 2 is 1.86 bits per heavy atom. The van der Waals surface area contributed by atoms with Crippen molar-refractivity contribution in [3.63, 3.8) is 0 Å². The van der Waals surface area contributed by atoms with Crippen LogP contribution in [0.15, 0.2) is 48.5 Å². The highest BCUT2D eigenvalue weighted by Crippen LogP contribution is 2.19. The van der Waals surface area contributed by atoms with Crippen LogP contribution in [0.25, 0.3) is 0 Å². The summed E-state index contributed by atoms with van der Waals surface area (Å²) < 4.78 is 5.19. The molecule has 0 aliphatic heterocycles. The topological polar surface area (TPSA) is 81.5 Å². The molecule has 0 unspecified atom stereocenters. The molecule has 108 valence electrons. The summed E-state index contributed by atoms with van der Waals surface area (Å²) in [6.45, 7) is 0.231. The quantitative estimate of drug-likeness (QED) is 0.676. The number of methoxy groups -OCH3 is 1. The zero-order valence-corrected chi connectivity index (χ0v) is 11.4. The zero-order chi connectivity index (χ0) is 15.2. The number of amides is 1. The fourth-order valence-corrected chi connectivity index (χ4v) is 1.94. The molecule has 6 heteroatoms. The highest BCUT2D eigenvalue weighted by molar-refractivity contribution is 5.98. The van der Waals surface area contributed by atoms with Crippen LogP contribution in [0.3, 0.4) is 0 Å². The van der Waals surface area contributed by atoms with Crippen molar-refractivity contribution in [2.24, 2.45) is 0 Å². The number of hydrogen-bond donors (Lipinski definition) is 1. The molecule has 0 heterocycles. The molecule has 21 heavy (non-hydrogen) atoms. The molecule has 0 aromatic heterocycles. The fraction of sp³-hybridized carbons (Fsp3) is 0.133. The normalized spacial score (nSPS) is 9.95. The lowest BCUT2D eigenvalue weighted by atomic mass is 10.1. The number of para-hydroxylation sites is 2. The first kappa shape index (κ1) is 14.5. The van der Waals surface area contributed by atoms with Crippen molar-refractivity contribution in [2.75, 3.05) is 7.11 Å². The van der Waals surface area contributed by atoms with Crippen LogP contribution in [0, 0.1) is 10.1 Å². The van der Waals surface area contributed by atoms with Crippen LogP contribution in [0.4, 0.5) is 5.69 Å². The monoisotopic (exact) mass is 286 g/mol. The molecule has 6 nitrogen and oxygen atoms in total. The van der Waals surface area contributed by atoms with Crippen LogP contribution >= 0.6 is 0 Å². The number of nitro groups is 1. The van der Waals surface area contributed by atoms with Crippen LogP contribution < -0.4 is 10.1 Å². The number of nitro benzene ring substituents is 1. The van der Waals surface area contributed by atoms with E-state index in [9.17, 15) is 14.9 Å². The Kier molecular flexibility index (Phi) is 4.50. The van der Waals surface area contributed by atoms with Gasteiger partial charge in [-0.3, -0.25) is 14.9 Å². The lowest BCUT2D eigenvalue weighted by Gasteiger charge is -2.09. The van der Waals surface area contributed by atoms with E-state index >= 15 is 0 Å². The van der Waals surface area contributed by atoms with Crippen molar-refractivity contribution in [2.45, 2.75) is 6.54 Å². The number of rotatable bonds is 5. The van der Waals surface area contributed by atoms with Crippen molar-refractivity contribution < 1.29 is 14.5 Å². The second kappa shape index (κ2) is 6.51. The lowest BCUT2D eigenvalue weighted by Crippen LogP contribution is -2.23. The minimum Gasteiger partial charge on any atom is -0.496 e. The largest absolute Gasteiger partial charge is 0.496 e. The summed E-state index contributed by atoms with van der Waals surface area (Å²) in [6, 6.07) is 13.1. The maximum absolute atomic E-state index is 12.1. The standard InChI is InChI=1S/C15H14N2O4/c1-21-14-9-5-2-6-11(14)10-16-15(18)12-7-3-4-8-13(12)17(19)20/h2-9H,10H2,1H3,(H,16,18). The molecule has 0 atom stereocenters. The summed E-state index contributed by atoms with van der Waals surface area (Å²) in [5, 5.41) is 13.6. The van der Waals surface area contributed by atoms with Crippen LogP contribution in [0.1, 0.15) is 15.9 Å². The third-order valence-corrected chi connectivity index (χ3v) is 2.98. The number of hydrogen-bond acceptors (Lipinski definition) is 4. The minimum absolute atomic E-state index is 0.0393. The van der Waals surface area contributed by atoms with Gasteiger partial charge >= 0.3 is 0 Å². The minimum atomic E-state index is -0.571. The number of carbonyl (C=O) groups is 1. The van der Waals surface area contributed by atoms with Gasteiger partial charge in [-0.05, 0) is 12.1 Å². The van der Waals surface area contributed by atoms with Gasteiger partial charge in [0.1, 0.15) is 11.3 Å². The van der Waals surface area contributed by atoms with Gasteiger partial charge in [0.25, 0.3) is 11.6 Å². The van der Waals surface area contributed by atoms with E-state index in [-0.39, 0.29) is 17.8 Å². The molecule has 0 saturated carbocycles. The second-order valence-electron chi connectivity index (χ2n) is 4.27. The SMILES string of the molecule is COc1ccccc1CNC(=O)c1ccccc1[N+](=O)[O-]. The van der Waals surface area contributed by atoms with E-state index in [4.69, 9.17) is 4.74 Å². The molecule has 2 rings (SSSR count). The van der Waals surface area contributed by atoms with E-state index in [1.807, 2.05) is 18.2 Å². The Morgan fingerprint density at radius 1 is 1.19 bits per heavy atom. The third-order valence-electron chi connectivity index (χ3n) is 2.98. The summed E-state index contributed by atoms with van der Waals surface area (Å²) in [4.78, 5) is 22.4. The molecule has 0 aliphatic rings. The van der Waals surface area contributed by atoms with Gasteiger partial charge in [-0.25, -0.2) is 0 Å². The van der Waals surface area contributed by atoms with E-state index in [1.165, 1.54) is 18.2 Å². The highest BCUT2D eigenvalue weighted by Gasteiger charge is 2.18. The highest BCUT2D eigenvalue weighted by atomic mass is 16.6. The van der Waals surface area contributed by atoms with Gasteiger partial charge in [-0.2, -0.15) is 0 Å². The van der Waals surface area contributed by atoms with Crippen molar-refractivity contribution in [3.8, 4) is 5.75 Å². The van der Waals surface area contributed by atoms with Crippen molar-refractivity contribution >= 4 is 11.6 Å². The average Bonchev–Trinajstić information content (AvgIpc) is 2.52. The molecule has 0 radical (unpaired) electrons. The van der Waals surface area contributed by atoms with E-state index in [0.29, 0.717) is 5.75 Å². The number of benzene rings is 2. The summed E-state index contributed by atoms with van der Waals surface area (Å²) in [7, 11) is 1.54. The first-order valence-electron chi connectivity index (χ1n) is 6.27. The first-order valence-corrected chi connectivity index (χ1v) is 6.27. The number of nitrogens with zero attached hydrogens (tertiary/aromatic N) is 1. The maximum atomic E-state index is 12.1. The van der Waals surface area contributed by atoms with Gasteiger partial charge < -0.3 is 10.1 Å². The van der Waals surface area contributed by atoms with Gasteiger partial charge in [-0.15, -0.1) is 0 Å². The van der Waals surface area contributed by atoms with Crippen molar-refractivity contribution in [1.82, 2.24) is 5.32 Å². The van der Waals surface area contributed by atoms with Gasteiger partial charge in [0.15, 0.2) is 0 Å². The molecular formula is C15H14N2O4. The smallest absolute Gasteiger partial charge is 0.282 e. The molecule has 0 aliphatic carbocycles. The second-order valence-corrected chi connectivity index (χ2v) is 4.27. The number of nitrogens with one attached hydrogen (secondary N) is 1. The summed E-state index contributed by atoms with van der Waals surface area (Å²) in [5.41, 5.74) is 0.624. The molecular weight excluding hydrogens is 272 g/mol. The molecule has 2 aromatic carbocycles. The van der Waals surface area contributed by atoms with E-state index in [2.05, 4.69) is 5.32 Å². The van der Waals surface area contributed by atoms with Gasteiger partial charge in [-0.1, -0.05) is 30.3 Å². The third kappa shape index (κ3) is 3.36. The zero-order valence-electron chi connectivity index (χ0n) is 11.4. The van der Waals surface area contributed by atoms with Crippen LogP contribution in [0.5, 0.6) is 5.75 Å². The van der Waals surface area contributed by atoms with E-state index in [0.717, 1.165) is 5.56 Å². The molecule has 0 spiro atoms. The van der Waals surface area contributed by atoms with E-state index in [1.54, 1.807) is 19.2 Å². The molecule has 1 amide bonds. The predicted octanol–water partition coefficient (Wildman–Crippen LogP) is 2.53. The van der Waals surface area contributed by atoms with Crippen molar-refractivity contribution in [3.05, 3.63) is 69.8 Å². The molecule has 0 saturated heterocycles. The van der Waals surface area contributed by atoms with Gasteiger partial charge in [0, 0.05) is 18.2 Å². The first-order chi connectivity index (χ1) is 10.1. The number of carbonyl (C=O) groups excluding carboxylic acids is 1. The summed E-state index contributed by atoms with van der Waals surface area (Å²) >= 11 is 0. The fourth-order valence-electron chi connectivity index (χ4n) is 1.94. The maximum Gasteiger partial charge on any atom is 0.282 e. The Balaban J connectivity index is 2.14. The molecule has 2 aromatic rings. The summed E-state index contributed by atoms with van der Waals surface area (Å²) in [5.74, 6) is 0.161. The van der Waals surface area contributed by atoms with Crippen LogP contribution in [-0.4, -0.2) is 17.9 Å². The molecule has 0 fully saturated rings. The van der Waals surface area contributed by atoms with Gasteiger partial charge in [0.05, 0.1) is 12.0 Å². The van der Waals surface area contributed by atoms with E-state index < -0.39 is 10.8 Å². The van der Waals surface area contributed by atoms with Crippen molar-refractivity contribution in [1.29, 1.82) is 0 Å². The average molecular weight is 286 g/mol. The van der Waals surface area contributed by atoms with Crippen LogP contribution in [-0.2, 0) is 6.54 Å². The Hall–Kier alpha value is -2.89. The van der Waals surface area contributed by atoms with Crippen LogP contribution in [0.2, 0.25) is 0 Å².